The van der Waals surface area contributed by atoms with E-state index in [9.17, 15) is 28.5 Å². The topological polar surface area (TPSA) is 127 Å². The number of thioether (sulfide) groups is 1. The zero-order chi connectivity index (χ0) is 27.9. The molecule has 0 aliphatic carbocycles. The number of rotatable bonds is 12. The second kappa shape index (κ2) is 13.1. The number of hydrogen-bond donors (Lipinski definition) is 4. The van der Waals surface area contributed by atoms with Gasteiger partial charge in [0.25, 0.3) is 5.91 Å². The van der Waals surface area contributed by atoms with Crippen molar-refractivity contribution < 1.29 is 28.5 Å². The number of nitrogens with one attached hydrogen (secondary N) is 1. The molecular weight excluding hydrogens is 524 g/mol. The number of phenolic OH excluding ortho intramolecular Hbond substituents is 2. The van der Waals surface area contributed by atoms with Gasteiger partial charge in [-0.1, -0.05) is 44.2 Å². The summed E-state index contributed by atoms with van der Waals surface area (Å²) in [4.78, 5) is 14.1. The van der Waals surface area contributed by atoms with Gasteiger partial charge in [-0.25, -0.2) is 8.42 Å². The van der Waals surface area contributed by atoms with Crippen LogP contribution in [0.2, 0.25) is 0 Å². The number of aliphatic hydroxyl groups is 1. The molecule has 8 nitrogen and oxygen atoms in total. The Morgan fingerprint density at radius 2 is 1.55 bits per heavy atom. The third-order valence-electron chi connectivity index (χ3n) is 5.90. The van der Waals surface area contributed by atoms with Gasteiger partial charge in [0.1, 0.15) is 11.5 Å². The number of amides is 1. The van der Waals surface area contributed by atoms with E-state index in [0.29, 0.717) is 0 Å². The van der Waals surface area contributed by atoms with Crippen LogP contribution in [-0.2, 0) is 16.4 Å². The van der Waals surface area contributed by atoms with Crippen LogP contribution >= 0.6 is 11.8 Å². The molecule has 3 rings (SSSR count). The Kier molecular flexibility index (Phi) is 10.2. The highest BCUT2D eigenvalue weighted by molar-refractivity contribution is 7.98. The van der Waals surface area contributed by atoms with Crippen LogP contribution in [0.4, 0.5) is 0 Å². The predicted molar refractivity (Wildman–Crippen MR) is 149 cm³/mol. The molecule has 3 aromatic rings. The van der Waals surface area contributed by atoms with Crippen molar-refractivity contribution in [2.75, 3.05) is 19.3 Å². The highest BCUT2D eigenvalue weighted by Gasteiger charge is 2.31. The summed E-state index contributed by atoms with van der Waals surface area (Å²) in [7, 11) is -3.93. The maximum absolute atomic E-state index is 13.6. The monoisotopic (exact) mass is 558 g/mol. The van der Waals surface area contributed by atoms with Crippen LogP contribution in [0, 0.1) is 5.92 Å². The molecule has 0 unspecified atom stereocenters. The first-order valence-electron chi connectivity index (χ1n) is 12.2. The zero-order valence-electron chi connectivity index (χ0n) is 21.6. The van der Waals surface area contributed by atoms with Crippen LogP contribution in [0.5, 0.6) is 11.5 Å². The second-order valence-corrected chi connectivity index (χ2v) is 12.3. The number of benzene rings is 3. The van der Waals surface area contributed by atoms with Gasteiger partial charge in [0.2, 0.25) is 10.0 Å². The van der Waals surface area contributed by atoms with Gasteiger partial charge in [0.15, 0.2) is 0 Å². The number of sulfonamides is 1. The lowest BCUT2D eigenvalue weighted by molar-refractivity contribution is 0.0775. The maximum atomic E-state index is 13.6. The first-order valence-corrected chi connectivity index (χ1v) is 14.9. The minimum atomic E-state index is -3.93. The summed E-state index contributed by atoms with van der Waals surface area (Å²) >= 11 is 1.51. The smallest absolute Gasteiger partial charge is 0.251 e. The van der Waals surface area contributed by atoms with Gasteiger partial charge < -0.3 is 20.6 Å². The Labute approximate surface area is 228 Å². The number of carbonyl (C=O) groups is 1. The van der Waals surface area contributed by atoms with Gasteiger partial charge in [-0.3, -0.25) is 4.79 Å². The summed E-state index contributed by atoms with van der Waals surface area (Å²) < 4.78 is 28.4. The van der Waals surface area contributed by atoms with Crippen LogP contribution in [-0.4, -0.2) is 65.4 Å². The normalized spacial score (nSPS) is 13.4. The van der Waals surface area contributed by atoms with Gasteiger partial charge in [-0.15, -0.1) is 11.8 Å². The summed E-state index contributed by atoms with van der Waals surface area (Å²) in [6.07, 6.45) is 0.880. The molecule has 0 aliphatic rings. The quantitative estimate of drug-likeness (QED) is 0.249. The molecule has 0 aliphatic heterocycles. The fraction of sp³-hybridized carbons (Fsp3) is 0.321. The van der Waals surface area contributed by atoms with E-state index in [1.807, 2.05) is 50.4 Å². The number of carbonyl (C=O) groups excluding carboxylic acids is 1. The average molecular weight is 559 g/mol. The largest absolute Gasteiger partial charge is 0.508 e. The minimum absolute atomic E-state index is 0.00769. The van der Waals surface area contributed by atoms with E-state index in [1.165, 1.54) is 28.2 Å². The molecule has 0 bridgehead atoms. The Morgan fingerprint density at radius 3 is 2.11 bits per heavy atom. The molecule has 10 heteroatoms. The summed E-state index contributed by atoms with van der Waals surface area (Å²) in [6.45, 7) is 3.72. The predicted octanol–water partition coefficient (Wildman–Crippen LogP) is 3.87. The standard InChI is InChI=1S/C28H34N2O6S2/c1-19(2)17-30(38(35,36)25-11-9-24(37-3)10-12-25)18-27(33)26(13-20-7-5-4-6-8-20)29-28(34)21-14-22(31)16-23(32)15-21/h4-12,14-16,19,26-27,31-33H,13,17-18H2,1-3H3,(H,29,34)/t26-,27+/m0/s1. The molecule has 2 atom stereocenters. The Morgan fingerprint density at radius 1 is 0.947 bits per heavy atom. The van der Waals surface area contributed by atoms with Gasteiger partial charge >= 0.3 is 0 Å². The van der Waals surface area contributed by atoms with Gasteiger partial charge in [-0.2, -0.15) is 4.31 Å². The van der Waals surface area contributed by atoms with Crippen molar-refractivity contribution in [2.24, 2.45) is 5.92 Å². The van der Waals surface area contributed by atoms with E-state index in [4.69, 9.17) is 0 Å². The van der Waals surface area contributed by atoms with Crippen LogP contribution in [0.1, 0.15) is 29.8 Å². The van der Waals surface area contributed by atoms with E-state index in [1.54, 1.807) is 24.3 Å². The van der Waals surface area contributed by atoms with Crippen molar-refractivity contribution in [3.05, 3.63) is 83.9 Å². The molecule has 4 N–H and O–H groups in total. The Hall–Kier alpha value is -3.05. The fourth-order valence-electron chi connectivity index (χ4n) is 4.04. The maximum Gasteiger partial charge on any atom is 0.251 e. The summed E-state index contributed by atoms with van der Waals surface area (Å²) in [5.74, 6) is -1.20. The molecule has 204 valence electrons. The lowest BCUT2D eigenvalue weighted by Gasteiger charge is -2.31. The van der Waals surface area contributed by atoms with Crippen molar-refractivity contribution in [2.45, 2.75) is 42.2 Å². The van der Waals surface area contributed by atoms with Crippen LogP contribution in [0.3, 0.4) is 0 Å². The first-order chi connectivity index (χ1) is 18.0. The van der Waals surface area contributed by atoms with Crippen molar-refractivity contribution in [1.82, 2.24) is 9.62 Å². The molecule has 0 fully saturated rings. The molecule has 0 spiro atoms. The number of hydrogen-bond acceptors (Lipinski definition) is 7. The van der Waals surface area contributed by atoms with E-state index in [2.05, 4.69) is 5.32 Å². The molecule has 0 radical (unpaired) electrons. The van der Waals surface area contributed by atoms with Crippen molar-refractivity contribution in [3.8, 4) is 11.5 Å². The second-order valence-electron chi connectivity index (χ2n) is 9.47. The van der Waals surface area contributed by atoms with E-state index in [-0.39, 0.29) is 47.4 Å². The van der Waals surface area contributed by atoms with Crippen LogP contribution in [0.25, 0.3) is 0 Å². The van der Waals surface area contributed by atoms with Crippen LogP contribution in [0.15, 0.2) is 82.6 Å². The van der Waals surface area contributed by atoms with E-state index >= 15 is 0 Å². The molecule has 0 saturated heterocycles. The number of aromatic hydroxyl groups is 2. The van der Waals surface area contributed by atoms with Gasteiger partial charge in [0, 0.05) is 29.6 Å². The highest BCUT2D eigenvalue weighted by Crippen LogP contribution is 2.23. The molecule has 0 saturated carbocycles. The van der Waals surface area contributed by atoms with Gasteiger partial charge in [0.05, 0.1) is 17.0 Å². The SMILES string of the molecule is CSc1ccc(S(=O)(=O)N(CC(C)C)C[C@@H](O)[C@H](Cc2ccccc2)NC(=O)c2cc(O)cc(O)c2)cc1. The highest BCUT2D eigenvalue weighted by atomic mass is 32.2. The molecule has 1 amide bonds. The molecular formula is C28H34N2O6S2. The average Bonchev–Trinajstić information content (AvgIpc) is 2.87. The number of phenols is 2. The lowest BCUT2D eigenvalue weighted by atomic mass is 10.00. The lowest BCUT2D eigenvalue weighted by Crippen LogP contribution is -2.51. The Balaban J connectivity index is 1.90. The number of nitrogens with zero attached hydrogens (tertiary/aromatic N) is 1. The van der Waals surface area contributed by atoms with E-state index in [0.717, 1.165) is 16.5 Å². The van der Waals surface area contributed by atoms with Crippen molar-refractivity contribution >= 4 is 27.7 Å². The summed E-state index contributed by atoms with van der Waals surface area (Å²) in [5.41, 5.74) is 0.842. The summed E-state index contributed by atoms with van der Waals surface area (Å²) in [5, 5.41) is 33.7. The molecule has 0 aromatic heterocycles. The third kappa shape index (κ3) is 7.97. The number of aliphatic hydroxyl groups excluding tert-OH is 1. The summed E-state index contributed by atoms with van der Waals surface area (Å²) in [6, 6.07) is 18.5. The molecule has 0 heterocycles. The zero-order valence-corrected chi connectivity index (χ0v) is 23.2. The molecule has 38 heavy (non-hydrogen) atoms. The first kappa shape index (κ1) is 29.5. The van der Waals surface area contributed by atoms with Crippen molar-refractivity contribution in [1.29, 1.82) is 0 Å². The van der Waals surface area contributed by atoms with E-state index < -0.39 is 28.1 Å². The van der Waals surface area contributed by atoms with Gasteiger partial charge in [-0.05, 0) is 60.6 Å². The van der Waals surface area contributed by atoms with Crippen LogP contribution < -0.4 is 5.32 Å². The van der Waals surface area contributed by atoms with Crippen molar-refractivity contribution in [3.63, 3.8) is 0 Å². The molecule has 3 aromatic carbocycles. The minimum Gasteiger partial charge on any atom is -0.508 e. The Bertz CT molecular complexity index is 1290. The third-order valence-corrected chi connectivity index (χ3v) is 8.49. The fourth-order valence-corrected chi connectivity index (χ4v) is 6.07.